The average molecular weight is 392 g/mol. The zero-order chi connectivity index (χ0) is 20.6. The van der Waals surface area contributed by atoms with Crippen LogP contribution in [-0.2, 0) is 28.6 Å². The van der Waals surface area contributed by atoms with E-state index in [4.69, 9.17) is 14.2 Å². The van der Waals surface area contributed by atoms with Gasteiger partial charge in [-0.15, -0.1) is 0 Å². The summed E-state index contributed by atoms with van der Waals surface area (Å²) in [5.41, 5.74) is -1.55. The predicted molar refractivity (Wildman–Crippen MR) is 103 cm³/mol. The fourth-order valence-corrected chi connectivity index (χ4v) is 4.94. The molecule has 28 heavy (non-hydrogen) atoms. The Morgan fingerprint density at radius 1 is 0.964 bits per heavy atom. The van der Waals surface area contributed by atoms with Gasteiger partial charge in [0.1, 0.15) is 0 Å². The maximum atomic E-state index is 13.5. The quantitative estimate of drug-likeness (QED) is 0.307. The first-order valence-electron chi connectivity index (χ1n) is 10.4. The van der Waals surface area contributed by atoms with Gasteiger partial charge in [-0.2, -0.15) is 0 Å². The molecule has 0 amide bonds. The van der Waals surface area contributed by atoms with E-state index in [-0.39, 0.29) is 11.6 Å². The van der Waals surface area contributed by atoms with Gasteiger partial charge in [0.25, 0.3) is 0 Å². The van der Waals surface area contributed by atoms with Crippen molar-refractivity contribution < 1.29 is 28.6 Å². The predicted octanol–water partition coefficient (Wildman–Crippen LogP) is 3.66. The van der Waals surface area contributed by atoms with Gasteiger partial charge in [-0.25, -0.2) is 4.79 Å². The molecule has 0 aromatic heterocycles. The Bertz CT molecular complexity index is 646. The zero-order valence-electron chi connectivity index (χ0n) is 17.3. The smallest absolute Gasteiger partial charge is 0.330 e. The summed E-state index contributed by atoms with van der Waals surface area (Å²) in [6, 6.07) is 0. The highest BCUT2D eigenvalue weighted by atomic mass is 16.7. The van der Waals surface area contributed by atoms with E-state index in [1.165, 1.54) is 0 Å². The highest BCUT2D eigenvalue weighted by Gasteiger charge is 2.64. The molecule has 3 aliphatic rings. The van der Waals surface area contributed by atoms with Crippen LogP contribution in [0.4, 0.5) is 0 Å². The molecule has 1 spiro atoms. The number of esters is 1. The molecule has 0 aliphatic heterocycles. The molecule has 3 fully saturated rings. The first kappa shape index (κ1) is 21.2. The third-order valence-electron chi connectivity index (χ3n) is 6.05. The van der Waals surface area contributed by atoms with Crippen molar-refractivity contribution in [3.8, 4) is 0 Å². The molecule has 0 radical (unpaired) electrons. The molecule has 3 rings (SSSR count). The third kappa shape index (κ3) is 3.94. The van der Waals surface area contributed by atoms with Crippen molar-refractivity contribution in [1.82, 2.24) is 0 Å². The maximum Gasteiger partial charge on any atom is 0.330 e. The Hall–Kier alpha value is -1.53. The van der Waals surface area contributed by atoms with Crippen LogP contribution in [0.15, 0.2) is 12.7 Å². The number of rotatable bonds is 5. The molecule has 0 aromatic carbocycles. The minimum Gasteiger partial charge on any atom is -0.448 e. The van der Waals surface area contributed by atoms with Gasteiger partial charge in [-0.1, -0.05) is 25.8 Å². The van der Waals surface area contributed by atoms with Crippen LogP contribution in [0.25, 0.3) is 0 Å². The van der Waals surface area contributed by atoms with Crippen LogP contribution in [0.2, 0.25) is 0 Å². The van der Waals surface area contributed by atoms with Crippen molar-refractivity contribution in [2.24, 2.45) is 5.41 Å². The molecule has 2 unspecified atom stereocenters. The molecule has 6 nitrogen and oxygen atoms in total. The third-order valence-corrected chi connectivity index (χ3v) is 6.05. The Morgan fingerprint density at radius 3 is 2.04 bits per heavy atom. The Morgan fingerprint density at radius 2 is 1.50 bits per heavy atom. The van der Waals surface area contributed by atoms with Crippen LogP contribution in [-0.4, -0.2) is 41.1 Å². The van der Waals surface area contributed by atoms with Crippen molar-refractivity contribution in [2.75, 3.05) is 0 Å². The zero-order valence-corrected chi connectivity index (χ0v) is 17.3. The molecule has 0 heterocycles. The van der Waals surface area contributed by atoms with Gasteiger partial charge in [0.2, 0.25) is 0 Å². The summed E-state index contributed by atoms with van der Waals surface area (Å²) >= 11 is 0. The second-order valence-electron chi connectivity index (χ2n) is 9.30. The van der Waals surface area contributed by atoms with Crippen LogP contribution in [0.5, 0.6) is 0 Å². The van der Waals surface area contributed by atoms with Crippen molar-refractivity contribution in [3.05, 3.63) is 12.7 Å². The molecule has 2 atom stereocenters. The molecule has 0 N–H and O–H groups in total. The molecule has 0 bridgehead atoms. The van der Waals surface area contributed by atoms with Gasteiger partial charge in [0, 0.05) is 18.9 Å². The van der Waals surface area contributed by atoms with E-state index in [1.807, 2.05) is 20.8 Å². The number of ketones is 2. The van der Waals surface area contributed by atoms with Gasteiger partial charge in [-0.3, -0.25) is 9.59 Å². The molecule has 156 valence electrons. The lowest BCUT2D eigenvalue weighted by atomic mass is 9.71. The minimum absolute atomic E-state index is 0.247. The number of ether oxygens (including phenoxy) is 3. The molecule has 0 saturated heterocycles. The van der Waals surface area contributed by atoms with Gasteiger partial charge in [-0.05, 0) is 46.5 Å². The van der Waals surface area contributed by atoms with E-state index in [0.717, 1.165) is 38.2 Å². The lowest BCUT2D eigenvalue weighted by Crippen LogP contribution is -2.48. The standard InChI is InChI=1S/C22H32O6/c1-5-15(23)26-16-17(19(25)21(18(16)24)11-7-6-8-12-21)27-22(13-9-10-14-22)28-20(2,3)4/h5,16-17H,1,6-14H2,2-4H3. The van der Waals surface area contributed by atoms with Crippen LogP contribution >= 0.6 is 0 Å². The number of carbonyl (C=O) groups excluding carboxylic acids is 3. The largest absolute Gasteiger partial charge is 0.448 e. The highest BCUT2D eigenvalue weighted by molar-refractivity contribution is 6.18. The van der Waals surface area contributed by atoms with Crippen molar-refractivity contribution >= 4 is 17.5 Å². The van der Waals surface area contributed by atoms with E-state index in [1.54, 1.807) is 0 Å². The number of hydrogen-bond acceptors (Lipinski definition) is 6. The summed E-state index contributed by atoms with van der Waals surface area (Å²) in [7, 11) is 0. The van der Waals surface area contributed by atoms with E-state index in [9.17, 15) is 14.4 Å². The fraction of sp³-hybridized carbons (Fsp3) is 0.773. The molecule has 6 heteroatoms. The summed E-state index contributed by atoms with van der Waals surface area (Å²) < 4.78 is 17.9. The molecule has 3 saturated carbocycles. The Labute approximate surface area is 167 Å². The van der Waals surface area contributed by atoms with E-state index in [2.05, 4.69) is 6.58 Å². The van der Waals surface area contributed by atoms with Crippen LogP contribution in [0, 0.1) is 5.41 Å². The second-order valence-corrected chi connectivity index (χ2v) is 9.30. The fourth-order valence-electron chi connectivity index (χ4n) is 4.94. The number of hydrogen-bond donors (Lipinski definition) is 0. The molecule has 0 aromatic rings. The van der Waals surface area contributed by atoms with Crippen molar-refractivity contribution in [3.63, 3.8) is 0 Å². The minimum atomic E-state index is -1.22. The van der Waals surface area contributed by atoms with Gasteiger partial charge in [0.15, 0.2) is 29.6 Å². The highest BCUT2D eigenvalue weighted by Crippen LogP contribution is 2.48. The number of carbonyl (C=O) groups is 3. The summed E-state index contributed by atoms with van der Waals surface area (Å²) in [4.78, 5) is 38.6. The maximum absolute atomic E-state index is 13.5. The molecular weight excluding hydrogens is 360 g/mol. The Balaban J connectivity index is 1.92. The van der Waals surface area contributed by atoms with E-state index < -0.39 is 35.0 Å². The first-order chi connectivity index (χ1) is 13.1. The van der Waals surface area contributed by atoms with Crippen molar-refractivity contribution in [2.45, 2.75) is 102 Å². The lowest BCUT2D eigenvalue weighted by Gasteiger charge is -2.38. The van der Waals surface area contributed by atoms with Gasteiger partial charge >= 0.3 is 5.97 Å². The Kier molecular flexibility index (Phi) is 5.84. The summed E-state index contributed by atoms with van der Waals surface area (Å²) in [5.74, 6) is -2.22. The van der Waals surface area contributed by atoms with Crippen molar-refractivity contribution in [1.29, 1.82) is 0 Å². The molecular formula is C22H32O6. The average Bonchev–Trinajstić information content (AvgIpc) is 3.15. The van der Waals surface area contributed by atoms with E-state index >= 15 is 0 Å². The summed E-state index contributed by atoms with van der Waals surface area (Å²) in [6.07, 6.45) is 5.45. The topological polar surface area (TPSA) is 78.9 Å². The van der Waals surface area contributed by atoms with Crippen LogP contribution in [0.1, 0.15) is 78.6 Å². The number of Topliss-reactive ketones (excluding diaryl/α,β-unsaturated/α-hetero) is 2. The summed E-state index contributed by atoms with van der Waals surface area (Å²) in [6.45, 7) is 9.23. The normalized spacial score (nSPS) is 29.2. The second kappa shape index (κ2) is 7.71. The van der Waals surface area contributed by atoms with Crippen LogP contribution < -0.4 is 0 Å². The lowest BCUT2D eigenvalue weighted by molar-refractivity contribution is -0.293. The first-order valence-corrected chi connectivity index (χ1v) is 10.4. The van der Waals surface area contributed by atoms with Gasteiger partial charge < -0.3 is 14.2 Å². The molecule has 3 aliphatic carbocycles. The van der Waals surface area contributed by atoms with Gasteiger partial charge in [0.05, 0.1) is 11.0 Å². The van der Waals surface area contributed by atoms with Crippen LogP contribution in [0.3, 0.4) is 0 Å². The monoisotopic (exact) mass is 392 g/mol. The summed E-state index contributed by atoms with van der Waals surface area (Å²) in [5, 5.41) is 0. The SMILES string of the molecule is C=CC(=O)OC1C(=O)C2(CCCCC2)C(=O)C1OC1(OC(C)(C)C)CCCC1. The van der Waals surface area contributed by atoms with E-state index in [0.29, 0.717) is 25.7 Å².